The number of nitrogens with zero attached hydrogens (tertiary/aromatic N) is 1. The molecule has 6 nitrogen and oxygen atoms in total. The molecular formula is C18H14N2O4S. The first-order chi connectivity index (χ1) is 12.1. The monoisotopic (exact) mass is 354 g/mol. The van der Waals surface area contributed by atoms with Gasteiger partial charge in [-0.3, -0.25) is 19.3 Å². The van der Waals surface area contributed by atoms with Crippen molar-refractivity contribution >= 4 is 40.6 Å². The van der Waals surface area contributed by atoms with E-state index in [0.717, 1.165) is 16.7 Å². The average molecular weight is 354 g/mol. The lowest BCUT2D eigenvalue weighted by molar-refractivity contribution is -0.127. The highest BCUT2D eigenvalue weighted by molar-refractivity contribution is 8.18. The van der Waals surface area contributed by atoms with E-state index in [0.29, 0.717) is 11.4 Å². The van der Waals surface area contributed by atoms with E-state index in [9.17, 15) is 14.4 Å². The third-order valence-corrected chi connectivity index (χ3v) is 4.21. The zero-order chi connectivity index (χ0) is 17.6. The Kier molecular flexibility index (Phi) is 5.15. The topological polar surface area (TPSA) is 79.6 Å². The van der Waals surface area contributed by atoms with Gasteiger partial charge in [0.15, 0.2) is 0 Å². The van der Waals surface area contributed by atoms with Crippen LogP contribution in [0.15, 0.2) is 70.2 Å². The molecule has 0 aliphatic carbocycles. The number of anilines is 1. The minimum absolute atomic E-state index is 0.264. The standard InChI is InChI=1S/C18H14N2O4S/c21-16(19-13-6-2-1-3-7-13)12-20-17(22)15(25-18(20)23)10-4-8-14-9-5-11-24-14/h1-11H,12H2,(H,19,21)/b8-4+,15-10-. The predicted molar refractivity (Wildman–Crippen MR) is 95.6 cm³/mol. The number of nitrogens with one attached hydrogen (secondary N) is 1. The van der Waals surface area contributed by atoms with Gasteiger partial charge in [-0.2, -0.15) is 0 Å². The number of amides is 3. The van der Waals surface area contributed by atoms with Crippen molar-refractivity contribution in [2.24, 2.45) is 0 Å². The largest absolute Gasteiger partial charge is 0.465 e. The molecule has 1 saturated heterocycles. The Morgan fingerprint density at radius 1 is 1.16 bits per heavy atom. The molecule has 0 bridgehead atoms. The van der Waals surface area contributed by atoms with Crippen LogP contribution in [-0.4, -0.2) is 28.5 Å². The average Bonchev–Trinajstić information content (AvgIpc) is 3.20. The van der Waals surface area contributed by atoms with E-state index >= 15 is 0 Å². The number of carbonyl (C=O) groups excluding carboxylic acids is 3. The van der Waals surface area contributed by atoms with Crippen LogP contribution in [0.25, 0.3) is 6.08 Å². The van der Waals surface area contributed by atoms with Gasteiger partial charge < -0.3 is 9.73 Å². The molecule has 7 heteroatoms. The lowest BCUT2D eigenvalue weighted by Gasteiger charge is -2.12. The molecule has 0 unspecified atom stereocenters. The molecule has 0 spiro atoms. The number of hydrogen-bond acceptors (Lipinski definition) is 5. The smallest absolute Gasteiger partial charge is 0.294 e. The quantitative estimate of drug-likeness (QED) is 0.831. The molecule has 25 heavy (non-hydrogen) atoms. The summed E-state index contributed by atoms with van der Waals surface area (Å²) < 4.78 is 5.14. The number of hydrogen-bond donors (Lipinski definition) is 1. The Labute approximate surface area is 148 Å². The molecule has 1 aliphatic rings. The van der Waals surface area contributed by atoms with Gasteiger partial charge in [-0.15, -0.1) is 0 Å². The van der Waals surface area contributed by atoms with Crippen LogP contribution in [0.1, 0.15) is 5.76 Å². The van der Waals surface area contributed by atoms with Crippen LogP contribution in [0.4, 0.5) is 10.5 Å². The summed E-state index contributed by atoms with van der Waals surface area (Å²) in [7, 11) is 0. The summed E-state index contributed by atoms with van der Waals surface area (Å²) >= 11 is 0.804. The highest BCUT2D eigenvalue weighted by Crippen LogP contribution is 2.30. The van der Waals surface area contributed by atoms with Crippen molar-refractivity contribution < 1.29 is 18.8 Å². The summed E-state index contributed by atoms with van der Waals surface area (Å²) in [5.74, 6) is -0.277. The zero-order valence-corrected chi connectivity index (χ0v) is 13.9. The van der Waals surface area contributed by atoms with Gasteiger partial charge >= 0.3 is 0 Å². The van der Waals surface area contributed by atoms with E-state index < -0.39 is 17.1 Å². The molecular weight excluding hydrogens is 340 g/mol. The maximum atomic E-state index is 12.3. The van der Waals surface area contributed by atoms with Crippen LogP contribution < -0.4 is 5.32 Å². The normalized spacial score (nSPS) is 16.2. The third-order valence-electron chi connectivity index (χ3n) is 3.28. The molecule has 0 atom stereocenters. The van der Waals surface area contributed by atoms with Crippen molar-refractivity contribution in [1.29, 1.82) is 0 Å². The van der Waals surface area contributed by atoms with Crippen molar-refractivity contribution in [3.8, 4) is 0 Å². The van der Waals surface area contributed by atoms with Crippen LogP contribution in [0.5, 0.6) is 0 Å². The fourth-order valence-corrected chi connectivity index (χ4v) is 2.92. The van der Waals surface area contributed by atoms with E-state index in [1.807, 2.05) is 6.07 Å². The van der Waals surface area contributed by atoms with E-state index in [1.165, 1.54) is 6.08 Å². The Bertz CT molecular complexity index is 841. The van der Waals surface area contributed by atoms with Crippen molar-refractivity contribution in [3.05, 3.63) is 71.5 Å². The van der Waals surface area contributed by atoms with Gasteiger partial charge in [0.05, 0.1) is 11.2 Å². The number of imide groups is 1. The molecule has 0 radical (unpaired) electrons. The highest BCUT2D eigenvalue weighted by Gasteiger charge is 2.35. The molecule has 0 saturated carbocycles. The predicted octanol–water partition coefficient (Wildman–Crippen LogP) is 3.51. The Balaban J connectivity index is 1.62. The number of para-hydroxylation sites is 1. The maximum absolute atomic E-state index is 12.3. The number of rotatable bonds is 5. The van der Waals surface area contributed by atoms with Crippen molar-refractivity contribution in [2.45, 2.75) is 0 Å². The second kappa shape index (κ2) is 7.67. The minimum Gasteiger partial charge on any atom is -0.465 e. The minimum atomic E-state index is -0.484. The van der Waals surface area contributed by atoms with Crippen LogP contribution in [0.3, 0.4) is 0 Å². The Morgan fingerprint density at radius 2 is 1.96 bits per heavy atom. The molecule has 2 aromatic rings. The second-order valence-electron chi connectivity index (χ2n) is 5.08. The molecule has 3 amide bonds. The lowest BCUT2D eigenvalue weighted by atomic mass is 10.3. The van der Waals surface area contributed by atoms with Crippen LogP contribution in [0.2, 0.25) is 0 Å². The maximum Gasteiger partial charge on any atom is 0.294 e. The fraction of sp³-hybridized carbons (Fsp3) is 0.0556. The van der Waals surface area contributed by atoms with Gasteiger partial charge in [-0.05, 0) is 48.2 Å². The molecule has 1 aromatic carbocycles. The summed E-state index contributed by atoms with van der Waals surface area (Å²) in [6.45, 7) is -0.321. The molecule has 1 aliphatic heterocycles. The summed E-state index contributed by atoms with van der Waals surface area (Å²) in [6, 6.07) is 12.4. The SMILES string of the molecule is O=C(CN1C(=O)S/C(=C\C=C\c2ccco2)C1=O)Nc1ccccc1. The van der Waals surface area contributed by atoms with Crippen molar-refractivity contribution in [1.82, 2.24) is 4.90 Å². The number of benzene rings is 1. The van der Waals surface area contributed by atoms with Gasteiger partial charge in [-0.25, -0.2) is 0 Å². The van der Waals surface area contributed by atoms with Crippen molar-refractivity contribution in [3.63, 3.8) is 0 Å². The Morgan fingerprint density at radius 3 is 2.68 bits per heavy atom. The van der Waals surface area contributed by atoms with Crippen LogP contribution >= 0.6 is 11.8 Å². The molecule has 126 valence electrons. The third kappa shape index (κ3) is 4.27. The summed E-state index contributed by atoms with van der Waals surface area (Å²) in [5, 5.41) is 2.18. The zero-order valence-electron chi connectivity index (χ0n) is 13.0. The first kappa shape index (κ1) is 16.8. The number of carbonyl (C=O) groups is 3. The second-order valence-corrected chi connectivity index (χ2v) is 6.07. The lowest BCUT2D eigenvalue weighted by Crippen LogP contribution is -2.36. The van der Waals surface area contributed by atoms with Gasteiger partial charge in [0.25, 0.3) is 11.1 Å². The number of furan rings is 1. The summed E-state index contributed by atoms with van der Waals surface area (Å²) in [5.41, 5.74) is 0.608. The van der Waals surface area contributed by atoms with Gasteiger partial charge in [0.1, 0.15) is 12.3 Å². The van der Waals surface area contributed by atoms with Gasteiger partial charge in [-0.1, -0.05) is 24.3 Å². The molecule has 3 rings (SSSR count). The van der Waals surface area contributed by atoms with Gasteiger partial charge in [0, 0.05) is 5.69 Å². The van der Waals surface area contributed by atoms with E-state index in [4.69, 9.17) is 4.42 Å². The first-order valence-corrected chi connectivity index (χ1v) is 8.25. The molecule has 1 fully saturated rings. The highest BCUT2D eigenvalue weighted by atomic mass is 32.2. The molecule has 2 heterocycles. The Hall–Kier alpha value is -3.06. The number of allylic oxidation sites excluding steroid dienone is 2. The van der Waals surface area contributed by atoms with E-state index in [2.05, 4.69) is 5.32 Å². The van der Waals surface area contributed by atoms with E-state index in [-0.39, 0.29) is 11.4 Å². The van der Waals surface area contributed by atoms with Crippen LogP contribution in [-0.2, 0) is 9.59 Å². The molecule has 1 aromatic heterocycles. The van der Waals surface area contributed by atoms with Gasteiger partial charge in [0.2, 0.25) is 5.91 Å². The number of thioether (sulfide) groups is 1. The summed E-state index contributed by atoms with van der Waals surface area (Å²) in [4.78, 5) is 37.5. The fourth-order valence-electron chi connectivity index (χ4n) is 2.13. The summed E-state index contributed by atoms with van der Waals surface area (Å²) in [6.07, 6.45) is 6.37. The molecule has 1 N–H and O–H groups in total. The van der Waals surface area contributed by atoms with E-state index in [1.54, 1.807) is 54.8 Å². The van der Waals surface area contributed by atoms with Crippen LogP contribution in [0, 0.1) is 0 Å². The first-order valence-electron chi connectivity index (χ1n) is 7.44. The van der Waals surface area contributed by atoms with Crippen molar-refractivity contribution in [2.75, 3.05) is 11.9 Å².